The van der Waals surface area contributed by atoms with E-state index in [9.17, 15) is 9.18 Å². The standard InChI is InChI=1S/C8H13FO/c1-8(6-10)4-2-7(9)3-5-8/h6-7H,2-5H2,1H3/t7-,8-. The zero-order valence-corrected chi connectivity index (χ0v) is 6.27. The minimum absolute atomic E-state index is 0.220. The van der Waals surface area contributed by atoms with Gasteiger partial charge in [0.25, 0.3) is 0 Å². The minimum Gasteiger partial charge on any atom is -0.303 e. The molecule has 0 N–H and O–H groups in total. The van der Waals surface area contributed by atoms with Gasteiger partial charge in [0.1, 0.15) is 12.5 Å². The molecule has 58 valence electrons. The molecule has 1 rings (SSSR count). The monoisotopic (exact) mass is 144 g/mol. The van der Waals surface area contributed by atoms with Crippen LogP contribution in [0.15, 0.2) is 0 Å². The molecule has 1 aliphatic carbocycles. The second-order valence-corrected chi connectivity index (χ2v) is 3.45. The average Bonchev–Trinajstić information content (AvgIpc) is 1.96. The van der Waals surface area contributed by atoms with Gasteiger partial charge in [-0.3, -0.25) is 0 Å². The van der Waals surface area contributed by atoms with Gasteiger partial charge < -0.3 is 4.79 Å². The van der Waals surface area contributed by atoms with E-state index >= 15 is 0 Å². The Bertz CT molecular complexity index is 125. The van der Waals surface area contributed by atoms with E-state index < -0.39 is 6.17 Å². The first-order chi connectivity index (χ1) is 4.66. The fourth-order valence-corrected chi connectivity index (χ4v) is 1.36. The summed E-state index contributed by atoms with van der Waals surface area (Å²) in [4.78, 5) is 10.5. The normalized spacial score (nSPS) is 41.2. The van der Waals surface area contributed by atoms with Crippen molar-refractivity contribution in [2.24, 2.45) is 5.41 Å². The molecule has 1 saturated carbocycles. The average molecular weight is 144 g/mol. The summed E-state index contributed by atoms with van der Waals surface area (Å²) >= 11 is 0. The summed E-state index contributed by atoms with van der Waals surface area (Å²) in [7, 11) is 0. The fraction of sp³-hybridized carbons (Fsp3) is 0.875. The third kappa shape index (κ3) is 1.55. The summed E-state index contributed by atoms with van der Waals surface area (Å²) in [5.74, 6) is 0. The van der Waals surface area contributed by atoms with E-state index in [0.29, 0.717) is 12.8 Å². The zero-order chi connectivity index (χ0) is 7.61. The highest BCUT2D eigenvalue weighted by atomic mass is 19.1. The summed E-state index contributed by atoms with van der Waals surface area (Å²) in [5.41, 5.74) is -0.220. The molecular weight excluding hydrogens is 131 g/mol. The Hall–Kier alpha value is -0.400. The van der Waals surface area contributed by atoms with Crippen LogP contribution < -0.4 is 0 Å². The second-order valence-electron chi connectivity index (χ2n) is 3.45. The first kappa shape index (κ1) is 7.70. The van der Waals surface area contributed by atoms with Crippen LogP contribution in [0.3, 0.4) is 0 Å². The molecule has 0 radical (unpaired) electrons. The van der Waals surface area contributed by atoms with E-state index in [4.69, 9.17) is 0 Å². The molecule has 1 nitrogen and oxygen atoms in total. The van der Waals surface area contributed by atoms with Crippen LogP contribution in [-0.2, 0) is 4.79 Å². The van der Waals surface area contributed by atoms with E-state index in [-0.39, 0.29) is 5.41 Å². The van der Waals surface area contributed by atoms with Crippen molar-refractivity contribution in [3.63, 3.8) is 0 Å². The van der Waals surface area contributed by atoms with Crippen molar-refractivity contribution in [1.29, 1.82) is 0 Å². The van der Waals surface area contributed by atoms with Crippen molar-refractivity contribution in [1.82, 2.24) is 0 Å². The van der Waals surface area contributed by atoms with Gasteiger partial charge in [0, 0.05) is 5.41 Å². The molecule has 10 heavy (non-hydrogen) atoms. The number of aldehydes is 1. The maximum atomic E-state index is 12.5. The lowest BCUT2D eigenvalue weighted by Gasteiger charge is -2.29. The van der Waals surface area contributed by atoms with Gasteiger partial charge in [0.2, 0.25) is 0 Å². The lowest BCUT2D eigenvalue weighted by atomic mass is 9.76. The topological polar surface area (TPSA) is 17.1 Å². The van der Waals surface area contributed by atoms with Gasteiger partial charge in [-0.25, -0.2) is 4.39 Å². The van der Waals surface area contributed by atoms with Crippen molar-refractivity contribution in [3.8, 4) is 0 Å². The quantitative estimate of drug-likeness (QED) is 0.515. The molecule has 2 heteroatoms. The fourth-order valence-electron chi connectivity index (χ4n) is 1.36. The summed E-state index contributed by atoms with van der Waals surface area (Å²) in [6.45, 7) is 1.91. The van der Waals surface area contributed by atoms with E-state index in [1.165, 1.54) is 0 Å². The molecule has 0 saturated heterocycles. The lowest BCUT2D eigenvalue weighted by molar-refractivity contribution is -0.117. The predicted molar refractivity (Wildman–Crippen MR) is 37.5 cm³/mol. The molecule has 1 aliphatic rings. The van der Waals surface area contributed by atoms with Gasteiger partial charge >= 0.3 is 0 Å². The Morgan fingerprint density at radius 3 is 2.40 bits per heavy atom. The van der Waals surface area contributed by atoms with Gasteiger partial charge in [-0.15, -0.1) is 0 Å². The number of carbonyl (C=O) groups excluding carboxylic acids is 1. The van der Waals surface area contributed by atoms with Crippen molar-refractivity contribution in [3.05, 3.63) is 0 Å². The van der Waals surface area contributed by atoms with Crippen LogP contribution in [0, 0.1) is 5.41 Å². The molecular formula is C8H13FO. The van der Waals surface area contributed by atoms with E-state index in [1.807, 2.05) is 6.92 Å². The number of rotatable bonds is 1. The Balaban J connectivity index is 2.46. The second kappa shape index (κ2) is 2.69. The largest absolute Gasteiger partial charge is 0.303 e. The predicted octanol–water partition coefficient (Wildman–Crippen LogP) is 2.10. The van der Waals surface area contributed by atoms with Crippen molar-refractivity contribution in [2.75, 3.05) is 0 Å². The maximum absolute atomic E-state index is 12.5. The highest BCUT2D eigenvalue weighted by Gasteiger charge is 2.30. The first-order valence-electron chi connectivity index (χ1n) is 3.77. The Labute approximate surface area is 60.6 Å². The van der Waals surface area contributed by atoms with Crippen molar-refractivity contribution >= 4 is 6.29 Å². The smallest absolute Gasteiger partial charge is 0.125 e. The Morgan fingerprint density at radius 1 is 1.50 bits per heavy atom. The van der Waals surface area contributed by atoms with Gasteiger partial charge in [0.15, 0.2) is 0 Å². The minimum atomic E-state index is -0.659. The Morgan fingerprint density at radius 2 is 2.00 bits per heavy atom. The summed E-state index contributed by atoms with van der Waals surface area (Å²) in [6.07, 6.45) is 2.88. The van der Waals surface area contributed by atoms with Crippen LogP contribution in [0.1, 0.15) is 32.6 Å². The van der Waals surface area contributed by atoms with Crippen LogP contribution >= 0.6 is 0 Å². The van der Waals surface area contributed by atoms with Gasteiger partial charge in [-0.05, 0) is 25.7 Å². The molecule has 0 aromatic heterocycles. The highest BCUT2D eigenvalue weighted by Crippen LogP contribution is 2.34. The molecule has 0 bridgehead atoms. The molecule has 1 fully saturated rings. The zero-order valence-electron chi connectivity index (χ0n) is 6.27. The third-order valence-corrected chi connectivity index (χ3v) is 2.34. The highest BCUT2D eigenvalue weighted by molar-refractivity contribution is 5.58. The van der Waals surface area contributed by atoms with Crippen LogP contribution in [0.5, 0.6) is 0 Å². The first-order valence-corrected chi connectivity index (χ1v) is 3.77. The van der Waals surface area contributed by atoms with E-state index in [0.717, 1.165) is 19.1 Å². The number of halogens is 1. The summed E-state index contributed by atoms with van der Waals surface area (Å²) in [6, 6.07) is 0. The summed E-state index contributed by atoms with van der Waals surface area (Å²) < 4.78 is 12.5. The molecule has 0 unspecified atom stereocenters. The van der Waals surface area contributed by atoms with Gasteiger partial charge in [-0.1, -0.05) is 6.92 Å². The molecule has 0 aromatic rings. The van der Waals surface area contributed by atoms with Crippen LogP contribution in [0.2, 0.25) is 0 Å². The molecule has 0 aromatic carbocycles. The van der Waals surface area contributed by atoms with Crippen LogP contribution in [-0.4, -0.2) is 12.5 Å². The van der Waals surface area contributed by atoms with Gasteiger partial charge in [-0.2, -0.15) is 0 Å². The Kier molecular flexibility index (Phi) is 2.07. The van der Waals surface area contributed by atoms with Crippen LogP contribution in [0.4, 0.5) is 4.39 Å². The van der Waals surface area contributed by atoms with Crippen molar-refractivity contribution in [2.45, 2.75) is 38.8 Å². The number of hydrogen-bond donors (Lipinski definition) is 0. The molecule has 0 spiro atoms. The molecule has 0 aliphatic heterocycles. The summed E-state index contributed by atoms with van der Waals surface area (Å²) in [5, 5.41) is 0. The van der Waals surface area contributed by atoms with E-state index in [1.54, 1.807) is 0 Å². The molecule has 0 atom stereocenters. The molecule has 0 heterocycles. The van der Waals surface area contributed by atoms with Crippen molar-refractivity contribution < 1.29 is 9.18 Å². The number of hydrogen-bond acceptors (Lipinski definition) is 1. The number of carbonyl (C=O) groups is 1. The third-order valence-electron chi connectivity index (χ3n) is 2.34. The maximum Gasteiger partial charge on any atom is 0.125 e. The number of alkyl halides is 1. The molecule has 0 amide bonds. The van der Waals surface area contributed by atoms with E-state index in [2.05, 4.69) is 0 Å². The van der Waals surface area contributed by atoms with Gasteiger partial charge in [0.05, 0.1) is 0 Å². The van der Waals surface area contributed by atoms with Crippen LogP contribution in [0.25, 0.3) is 0 Å². The lowest BCUT2D eigenvalue weighted by Crippen LogP contribution is -2.26. The SMILES string of the molecule is C[C@]1(C=O)CC[C@H](F)CC1.